The second-order valence-corrected chi connectivity index (χ2v) is 9.54. The third kappa shape index (κ3) is 4.57. The van der Waals surface area contributed by atoms with Crippen LogP contribution in [-0.4, -0.2) is 53.9 Å². The van der Waals surface area contributed by atoms with Crippen molar-refractivity contribution in [3.8, 4) is 0 Å². The Bertz CT molecular complexity index is 1490. The standard InChI is InChI=1S/C26H30N6O3S/c1-5-7-19-20(6-2)36-26-22(25(34)29-14-18(15(3)27)16(4)28)23(33)17-8-9-21(30-24(17)32(19)26)31-10-12-35-13-11-31/h5-9,27H,2,10-14,28H2,1,3-4H3,(H,29,34)/b7-5-,18-16-,27-15?. The summed E-state index contributed by atoms with van der Waals surface area (Å²) in [6.45, 7) is 11.8. The Hall–Kier alpha value is -3.76. The van der Waals surface area contributed by atoms with E-state index in [1.165, 1.54) is 11.3 Å². The van der Waals surface area contributed by atoms with Gasteiger partial charge < -0.3 is 26.1 Å². The third-order valence-electron chi connectivity index (χ3n) is 6.09. The zero-order valence-electron chi connectivity index (χ0n) is 20.7. The molecule has 1 amide bonds. The highest BCUT2D eigenvalue weighted by molar-refractivity contribution is 7.19. The van der Waals surface area contributed by atoms with Gasteiger partial charge in [0.05, 0.1) is 29.2 Å². The van der Waals surface area contributed by atoms with E-state index in [9.17, 15) is 9.59 Å². The number of thiazole rings is 1. The summed E-state index contributed by atoms with van der Waals surface area (Å²) in [7, 11) is 0. The van der Waals surface area contributed by atoms with Crippen molar-refractivity contribution in [2.24, 2.45) is 5.73 Å². The van der Waals surface area contributed by atoms with Gasteiger partial charge in [0.1, 0.15) is 16.2 Å². The second-order valence-electron chi connectivity index (χ2n) is 8.51. The van der Waals surface area contributed by atoms with Crippen molar-refractivity contribution >= 4 is 56.8 Å². The van der Waals surface area contributed by atoms with Gasteiger partial charge in [0.15, 0.2) is 5.65 Å². The molecule has 4 heterocycles. The molecule has 0 saturated carbocycles. The average Bonchev–Trinajstić information content (AvgIpc) is 3.22. The number of aromatic nitrogens is 2. The lowest BCUT2D eigenvalue weighted by molar-refractivity contribution is 0.0958. The minimum atomic E-state index is -0.527. The smallest absolute Gasteiger partial charge is 0.258 e. The zero-order valence-corrected chi connectivity index (χ0v) is 21.5. The molecule has 3 aromatic heterocycles. The van der Waals surface area contributed by atoms with Crippen LogP contribution in [0.2, 0.25) is 0 Å². The lowest BCUT2D eigenvalue weighted by atomic mass is 10.1. The number of hydrogen-bond acceptors (Lipinski definition) is 8. The van der Waals surface area contributed by atoms with Crippen LogP contribution in [0, 0.1) is 5.41 Å². The van der Waals surface area contributed by atoms with E-state index in [4.69, 9.17) is 20.9 Å². The van der Waals surface area contributed by atoms with Crippen LogP contribution in [-0.2, 0) is 4.74 Å². The molecule has 9 nitrogen and oxygen atoms in total. The molecule has 0 bridgehead atoms. The first-order valence-corrected chi connectivity index (χ1v) is 12.5. The Morgan fingerprint density at radius 1 is 1.33 bits per heavy atom. The highest BCUT2D eigenvalue weighted by Gasteiger charge is 2.25. The molecule has 10 heteroatoms. The first kappa shape index (κ1) is 25.3. The lowest BCUT2D eigenvalue weighted by Gasteiger charge is -2.28. The van der Waals surface area contributed by atoms with E-state index in [1.807, 2.05) is 29.5 Å². The van der Waals surface area contributed by atoms with E-state index in [-0.39, 0.29) is 17.8 Å². The number of pyridine rings is 2. The number of ether oxygens (including phenoxy) is 1. The number of nitrogens with two attached hydrogens (primary N) is 1. The lowest BCUT2D eigenvalue weighted by Crippen LogP contribution is -2.37. The van der Waals surface area contributed by atoms with Crippen LogP contribution in [0.25, 0.3) is 28.0 Å². The van der Waals surface area contributed by atoms with E-state index in [0.717, 1.165) is 16.4 Å². The SMILES string of the molecule is C=Cc1sc2c(C(=O)NC/C(C(C)=N)=C(\C)N)c(=O)c3ccc(N4CCOCC4)nc3n2c1/C=C\C. The first-order valence-electron chi connectivity index (χ1n) is 11.7. The Balaban J connectivity index is 1.95. The fraction of sp³-hybridized carbons (Fsp3) is 0.308. The van der Waals surface area contributed by atoms with Crippen LogP contribution in [0.1, 0.15) is 41.7 Å². The highest BCUT2D eigenvalue weighted by atomic mass is 32.1. The van der Waals surface area contributed by atoms with Crippen molar-refractivity contribution in [2.45, 2.75) is 20.8 Å². The molecule has 0 atom stereocenters. The second kappa shape index (κ2) is 10.5. The molecule has 1 fully saturated rings. The van der Waals surface area contributed by atoms with Crippen molar-refractivity contribution in [3.05, 3.63) is 62.4 Å². The topological polar surface area (TPSA) is 126 Å². The minimum Gasteiger partial charge on any atom is -0.402 e. The molecule has 0 aromatic carbocycles. The Labute approximate surface area is 213 Å². The number of fused-ring (bicyclic) bond motifs is 3. The maximum atomic E-state index is 13.7. The molecule has 3 aromatic rings. The summed E-state index contributed by atoms with van der Waals surface area (Å²) >= 11 is 1.32. The van der Waals surface area contributed by atoms with Gasteiger partial charge in [-0.2, -0.15) is 0 Å². The van der Waals surface area contributed by atoms with Crippen molar-refractivity contribution in [1.29, 1.82) is 5.41 Å². The van der Waals surface area contributed by atoms with Crippen molar-refractivity contribution in [3.63, 3.8) is 0 Å². The Kier molecular flexibility index (Phi) is 7.37. The van der Waals surface area contributed by atoms with Crippen molar-refractivity contribution in [1.82, 2.24) is 14.7 Å². The van der Waals surface area contributed by atoms with Gasteiger partial charge in [0.25, 0.3) is 5.91 Å². The van der Waals surface area contributed by atoms with Gasteiger partial charge in [-0.1, -0.05) is 12.7 Å². The summed E-state index contributed by atoms with van der Waals surface area (Å²) in [5.41, 5.74) is 8.04. The fourth-order valence-corrected chi connectivity index (χ4v) is 5.39. The van der Waals surface area contributed by atoms with Gasteiger partial charge in [-0.3, -0.25) is 14.0 Å². The highest BCUT2D eigenvalue weighted by Crippen LogP contribution is 2.31. The molecule has 0 radical (unpaired) electrons. The molecule has 4 N–H and O–H groups in total. The fourth-order valence-electron chi connectivity index (χ4n) is 4.27. The van der Waals surface area contributed by atoms with Crippen LogP contribution in [0.3, 0.4) is 0 Å². The van der Waals surface area contributed by atoms with Gasteiger partial charge in [-0.15, -0.1) is 11.3 Å². The summed E-state index contributed by atoms with van der Waals surface area (Å²) in [4.78, 5) is 35.4. The number of anilines is 1. The summed E-state index contributed by atoms with van der Waals surface area (Å²) in [6.07, 6.45) is 5.54. The number of morpholine rings is 1. The summed E-state index contributed by atoms with van der Waals surface area (Å²) in [5.74, 6) is 0.226. The molecule has 0 spiro atoms. The van der Waals surface area contributed by atoms with Crippen LogP contribution in [0.4, 0.5) is 5.82 Å². The predicted molar refractivity (Wildman–Crippen MR) is 147 cm³/mol. The van der Waals surface area contributed by atoms with Crippen molar-refractivity contribution < 1.29 is 9.53 Å². The molecule has 36 heavy (non-hydrogen) atoms. The molecule has 1 aliphatic rings. The van der Waals surface area contributed by atoms with E-state index in [1.54, 1.807) is 26.0 Å². The van der Waals surface area contributed by atoms with E-state index in [2.05, 4.69) is 16.8 Å². The van der Waals surface area contributed by atoms with E-state index in [0.29, 0.717) is 53.4 Å². The molecule has 1 aliphatic heterocycles. The zero-order chi connectivity index (χ0) is 26.0. The van der Waals surface area contributed by atoms with Gasteiger partial charge in [0, 0.05) is 36.6 Å². The number of nitrogens with one attached hydrogen (secondary N) is 2. The van der Waals surface area contributed by atoms with Crippen LogP contribution in [0.5, 0.6) is 0 Å². The monoisotopic (exact) mass is 506 g/mol. The van der Waals surface area contributed by atoms with Crippen LogP contribution < -0.4 is 21.4 Å². The van der Waals surface area contributed by atoms with E-state index >= 15 is 0 Å². The molecule has 4 rings (SSSR count). The van der Waals surface area contributed by atoms with Gasteiger partial charge in [-0.05, 0) is 45.1 Å². The molecule has 0 unspecified atom stereocenters. The third-order valence-corrected chi connectivity index (χ3v) is 7.26. The van der Waals surface area contributed by atoms with E-state index < -0.39 is 11.3 Å². The minimum absolute atomic E-state index is 0.0314. The molecule has 188 valence electrons. The predicted octanol–water partition coefficient (Wildman–Crippen LogP) is 3.42. The van der Waals surface area contributed by atoms with Gasteiger partial charge >= 0.3 is 0 Å². The maximum absolute atomic E-state index is 13.7. The largest absolute Gasteiger partial charge is 0.402 e. The van der Waals surface area contributed by atoms with Crippen molar-refractivity contribution in [2.75, 3.05) is 37.7 Å². The quantitative estimate of drug-likeness (QED) is 0.422. The van der Waals surface area contributed by atoms with Crippen LogP contribution >= 0.6 is 11.3 Å². The Morgan fingerprint density at radius 2 is 2.06 bits per heavy atom. The number of carbonyl (C=O) groups excluding carboxylic acids is 1. The number of hydrogen-bond donors (Lipinski definition) is 3. The average molecular weight is 507 g/mol. The molecule has 1 saturated heterocycles. The number of amides is 1. The molecular weight excluding hydrogens is 476 g/mol. The summed E-state index contributed by atoms with van der Waals surface area (Å²) < 4.78 is 7.33. The molecule has 0 aliphatic carbocycles. The van der Waals surface area contributed by atoms with Crippen LogP contribution in [0.15, 0.2) is 40.9 Å². The number of rotatable bonds is 7. The first-order chi connectivity index (χ1) is 17.3. The number of carbonyl (C=O) groups is 1. The number of nitrogens with zero attached hydrogens (tertiary/aromatic N) is 3. The summed E-state index contributed by atoms with van der Waals surface area (Å²) in [5, 5.41) is 11.1. The number of allylic oxidation sites excluding steroid dienone is 2. The normalized spacial score (nSPS) is 14.9. The van der Waals surface area contributed by atoms with Gasteiger partial charge in [-0.25, -0.2) is 4.98 Å². The Morgan fingerprint density at radius 3 is 2.67 bits per heavy atom. The maximum Gasteiger partial charge on any atom is 0.258 e. The summed E-state index contributed by atoms with van der Waals surface area (Å²) in [6, 6.07) is 3.55. The molecular formula is C26H30N6O3S. The van der Waals surface area contributed by atoms with Gasteiger partial charge in [0.2, 0.25) is 5.43 Å².